The molecule has 0 heterocycles. The number of benzene rings is 1. The summed E-state index contributed by atoms with van der Waals surface area (Å²) >= 11 is 0. The average molecular weight is 251 g/mol. The Morgan fingerprint density at radius 3 is 2.28 bits per heavy atom. The first-order chi connectivity index (χ1) is 8.71. The molecular formula is C14H21NO3. The molecule has 1 rings (SSSR count). The first kappa shape index (κ1) is 14.5. The summed E-state index contributed by atoms with van der Waals surface area (Å²) < 4.78 is 10.2. The molecule has 0 atom stereocenters. The van der Waals surface area contributed by atoms with E-state index in [4.69, 9.17) is 4.74 Å². The van der Waals surface area contributed by atoms with Crippen molar-refractivity contribution >= 4 is 5.97 Å². The van der Waals surface area contributed by atoms with Gasteiger partial charge in [0.15, 0.2) is 0 Å². The van der Waals surface area contributed by atoms with Gasteiger partial charge in [0.1, 0.15) is 12.4 Å². The number of carbonyl (C=O) groups is 1. The Kier molecular flexibility index (Phi) is 6.22. The lowest BCUT2D eigenvalue weighted by molar-refractivity contribution is 0.0600. The highest BCUT2D eigenvalue weighted by atomic mass is 16.5. The van der Waals surface area contributed by atoms with E-state index >= 15 is 0 Å². The number of carbonyl (C=O) groups excluding carboxylic acids is 1. The maximum Gasteiger partial charge on any atom is 0.337 e. The molecule has 4 nitrogen and oxygen atoms in total. The number of ether oxygens (including phenoxy) is 2. The highest BCUT2D eigenvalue weighted by molar-refractivity contribution is 5.89. The van der Waals surface area contributed by atoms with Crippen LogP contribution in [0.4, 0.5) is 0 Å². The van der Waals surface area contributed by atoms with Crippen molar-refractivity contribution in [2.24, 2.45) is 0 Å². The number of hydrogen-bond acceptors (Lipinski definition) is 4. The molecule has 0 saturated carbocycles. The Balaban J connectivity index is 2.42. The van der Waals surface area contributed by atoms with Gasteiger partial charge in [0, 0.05) is 6.54 Å². The summed E-state index contributed by atoms with van der Waals surface area (Å²) in [6, 6.07) is 6.99. The molecule has 0 unspecified atom stereocenters. The van der Waals surface area contributed by atoms with E-state index in [1.54, 1.807) is 24.3 Å². The minimum absolute atomic E-state index is 0.329. The molecule has 0 aliphatic rings. The molecule has 0 spiro atoms. The fourth-order valence-electron chi connectivity index (χ4n) is 1.64. The van der Waals surface area contributed by atoms with Gasteiger partial charge >= 0.3 is 5.97 Å². The molecule has 0 N–H and O–H groups in total. The van der Waals surface area contributed by atoms with Crippen LogP contribution in [0.2, 0.25) is 0 Å². The number of rotatable bonds is 7. The quantitative estimate of drug-likeness (QED) is 0.696. The van der Waals surface area contributed by atoms with E-state index in [9.17, 15) is 4.79 Å². The van der Waals surface area contributed by atoms with Gasteiger partial charge in [-0.05, 0) is 37.4 Å². The Hall–Kier alpha value is -1.55. The van der Waals surface area contributed by atoms with Gasteiger partial charge in [-0.15, -0.1) is 0 Å². The molecule has 0 saturated heterocycles. The van der Waals surface area contributed by atoms with Crippen molar-refractivity contribution in [2.75, 3.05) is 33.4 Å². The predicted molar refractivity (Wildman–Crippen MR) is 71.1 cm³/mol. The summed E-state index contributed by atoms with van der Waals surface area (Å²) in [5.74, 6) is 0.444. The SMILES string of the molecule is CCN(CC)CCOc1ccc(C(=O)OC)cc1. The highest BCUT2D eigenvalue weighted by Gasteiger charge is 2.05. The third kappa shape index (κ3) is 4.37. The van der Waals surface area contributed by atoms with Crippen LogP contribution in [0.15, 0.2) is 24.3 Å². The van der Waals surface area contributed by atoms with Crippen LogP contribution >= 0.6 is 0 Å². The van der Waals surface area contributed by atoms with Crippen LogP contribution in [-0.4, -0.2) is 44.2 Å². The Morgan fingerprint density at radius 1 is 1.17 bits per heavy atom. The summed E-state index contributed by atoms with van der Waals surface area (Å²) in [5.41, 5.74) is 0.536. The van der Waals surface area contributed by atoms with E-state index in [1.807, 2.05) is 0 Å². The molecule has 0 aromatic heterocycles. The molecule has 0 aliphatic heterocycles. The lowest BCUT2D eigenvalue weighted by Crippen LogP contribution is -2.27. The second-order valence-corrected chi connectivity index (χ2v) is 3.89. The largest absolute Gasteiger partial charge is 0.492 e. The fraction of sp³-hybridized carbons (Fsp3) is 0.500. The molecular weight excluding hydrogens is 230 g/mol. The van der Waals surface area contributed by atoms with Crippen LogP contribution in [0, 0.1) is 0 Å². The summed E-state index contributed by atoms with van der Waals surface area (Å²) in [4.78, 5) is 13.5. The van der Waals surface area contributed by atoms with E-state index in [0.29, 0.717) is 12.2 Å². The molecule has 1 aromatic rings. The van der Waals surface area contributed by atoms with Gasteiger partial charge in [-0.25, -0.2) is 4.79 Å². The molecule has 0 radical (unpaired) electrons. The van der Waals surface area contributed by atoms with E-state index < -0.39 is 0 Å². The summed E-state index contributed by atoms with van der Waals surface area (Å²) in [6.45, 7) is 7.89. The molecule has 1 aromatic carbocycles. The molecule has 100 valence electrons. The van der Waals surface area contributed by atoms with Crippen LogP contribution in [-0.2, 0) is 4.74 Å². The van der Waals surface area contributed by atoms with Gasteiger partial charge < -0.3 is 14.4 Å². The van der Waals surface area contributed by atoms with Crippen LogP contribution in [0.25, 0.3) is 0 Å². The van der Waals surface area contributed by atoms with Gasteiger partial charge in [-0.1, -0.05) is 13.8 Å². The normalized spacial score (nSPS) is 10.4. The number of likely N-dealkylation sites (N-methyl/N-ethyl adjacent to an activating group) is 1. The van der Waals surface area contributed by atoms with Crippen molar-refractivity contribution < 1.29 is 14.3 Å². The second-order valence-electron chi connectivity index (χ2n) is 3.89. The van der Waals surface area contributed by atoms with Crippen molar-refractivity contribution in [3.8, 4) is 5.75 Å². The van der Waals surface area contributed by atoms with Gasteiger partial charge in [0.05, 0.1) is 12.7 Å². The minimum Gasteiger partial charge on any atom is -0.492 e. The molecule has 0 bridgehead atoms. The van der Waals surface area contributed by atoms with E-state index in [-0.39, 0.29) is 5.97 Å². The molecule has 0 fully saturated rings. The van der Waals surface area contributed by atoms with E-state index in [2.05, 4.69) is 23.5 Å². The van der Waals surface area contributed by atoms with Crippen molar-refractivity contribution in [3.63, 3.8) is 0 Å². The summed E-state index contributed by atoms with van der Waals surface area (Å²) in [7, 11) is 1.37. The van der Waals surface area contributed by atoms with Gasteiger partial charge in [-0.3, -0.25) is 0 Å². The van der Waals surface area contributed by atoms with Crippen LogP contribution in [0.3, 0.4) is 0 Å². The standard InChI is InChI=1S/C14H21NO3/c1-4-15(5-2)10-11-18-13-8-6-12(7-9-13)14(16)17-3/h6-9H,4-5,10-11H2,1-3H3. The van der Waals surface area contributed by atoms with Gasteiger partial charge in [-0.2, -0.15) is 0 Å². The first-order valence-electron chi connectivity index (χ1n) is 6.24. The van der Waals surface area contributed by atoms with Crippen molar-refractivity contribution in [2.45, 2.75) is 13.8 Å². The van der Waals surface area contributed by atoms with Gasteiger partial charge in [0.25, 0.3) is 0 Å². The predicted octanol–water partition coefficient (Wildman–Crippen LogP) is 2.19. The first-order valence-corrected chi connectivity index (χ1v) is 6.24. The van der Waals surface area contributed by atoms with Crippen LogP contribution in [0.5, 0.6) is 5.75 Å². The smallest absolute Gasteiger partial charge is 0.337 e. The monoisotopic (exact) mass is 251 g/mol. The Morgan fingerprint density at radius 2 is 1.78 bits per heavy atom. The van der Waals surface area contributed by atoms with E-state index in [1.165, 1.54) is 7.11 Å². The molecule has 0 amide bonds. The highest BCUT2D eigenvalue weighted by Crippen LogP contribution is 2.12. The average Bonchev–Trinajstić information content (AvgIpc) is 2.43. The maximum absolute atomic E-state index is 11.2. The Bertz CT molecular complexity index is 358. The molecule has 0 aliphatic carbocycles. The molecule has 4 heteroatoms. The van der Waals surface area contributed by atoms with Crippen molar-refractivity contribution in [1.29, 1.82) is 0 Å². The summed E-state index contributed by atoms with van der Waals surface area (Å²) in [5, 5.41) is 0. The fourth-order valence-corrected chi connectivity index (χ4v) is 1.64. The zero-order valence-corrected chi connectivity index (χ0v) is 11.3. The lowest BCUT2D eigenvalue weighted by Gasteiger charge is -2.17. The maximum atomic E-state index is 11.2. The third-order valence-corrected chi connectivity index (χ3v) is 2.85. The van der Waals surface area contributed by atoms with E-state index in [0.717, 1.165) is 25.4 Å². The number of methoxy groups -OCH3 is 1. The van der Waals surface area contributed by atoms with Crippen molar-refractivity contribution in [3.05, 3.63) is 29.8 Å². The Labute approximate surface area is 108 Å². The topological polar surface area (TPSA) is 38.8 Å². The minimum atomic E-state index is -0.329. The third-order valence-electron chi connectivity index (χ3n) is 2.85. The number of hydrogen-bond donors (Lipinski definition) is 0. The van der Waals surface area contributed by atoms with Crippen molar-refractivity contribution in [1.82, 2.24) is 4.90 Å². The zero-order chi connectivity index (χ0) is 13.4. The summed E-state index contributed by atoms with van der Waals surface area (Å²) in [6.07, 6.45) is 0. The number of nitrogens with zero attached hydrogens (tertiary/aromatic N) is 1. The van der Waals surface area contributed by atoms with Crippen LogP contribution in [0.1, 0.15) is 24.2 Å². The number of esters is 1. The van der Waals surface area contributed by atoms with Gasteiger partial charge in [0.2, 0.25) is 0 Å². The molecule has 18 heavy (non-hydrogen) atoms. The second kappa shape index (κ2) is 7.71. The lowest BCUT2D eigenvalue weighted by atomic mass is 10.2. The zero-order valence-electron chi connectivity index (χ0n) is 11.3. The van der Waals surface area contributed by atoms with Crippen LogP contribution < -0.4 is 4.74 Å².